The zero-order valence-corrected chi connectivity index (χ0v) is 8.14. The van der Waals surface area contributed by atoms with Crippen molar-refractivity contribution in [3.05, 3.63) is 30.3 Å². The van der Waals surface area contributed by atoms with Crippen molar-refractivity contribution in [2.24, 2.45) is 5.92 Å². The van der Waals surface area contributed by atoms with E-state index in [4.69, 9.17) is 9.84 Å². The molecule has 14 heavy (non-hydrogen) atoms. The van der Waals surface area contributed by atoms with Gasteiger partial charge in [0.15, 0.2) is 0 Å². The van der Waals surface area contributed by atoms with Gasteiger partial charge in [-0.25, -0.2) is 0 Å². The van der Waals surface area contributed by atoms with Crippen LogP contribution in [0.5, 0.6) is 5.75 Å². The fraction of sp³-hybridized carbons (Fsp3) is 0.364. The van der Waals surface area contributed by atoms with Crippen LogP contribution in [0.15, 0.2) is 30.3 Å². The predicted octanol–water partition coefficient (Wildman–Crippen LogP) is 1.61. The van der Waals surface area contributed by atoms with Crippen molar-refractivity contribution in [2.45, 2.75) is 13.3 Å². The molecular formula is C11H14O3. The van der Waals surface area contributed by atoms with Gasteiger partial charge in [-0.1, -0.05) is 25.1 Å². The van der Waals surface area contributed by atoms with Gasteiger partial charge in [-0.05, 0) is 18.6 Å². The van der Waals surface area contributed by atoms with E-state index in [2.05, 4.69) is 0 Å². The van der Waals surface area contributed by atoms with Crippen molar-refractivity contribution in [3.63, 3.8) is 0 Å². The molecule has 1 rings (SSSR count). The fourth-order valence-corrected chi connectivity index (χ4v) is 1.02. The largest absolute Gasteiger partial charge is 0.426 e. The van der Waals surface area contributed by atoms with Crippen LogP contribution in [0.2, 0.25) is 0 Å². The van der Waals surface area contributed by atoms with Gasteiger partial charge in [0.1, 0.15) is 5.75 Å². The van der Waals surface area contributed by atoms with Crippen molar-refractivity contribution in [3.8, 4) is 5.75 Å². The Bertz CT molecular complexity index is 282. The minimum Gasteiger partial charge on any atom is -0.426 e. The Labute approximate surface area is 83.3 Å². The average molecular weight is 194 g/mol. The maximum atomic E-state index is 11.4. The van der Waals surface area contributed by atoms with Gasteiger partial charge >= 0.3 is 5.97 Å². The summed E-state index contributed by atoms with van der Waals surface area (Å²) in [5.41, 5.74) is 0. The maximum absolute atomic E-state index is 11.4. The van der Waals surface area contributed by atoms with E-state index in [9.17, 15) is 4.79 Å². The molecule has 0 saturated heterocycles. The van der Waals surface area contributed by atoms with E-state index >= 15 is 0 Å². The molecule has 0 aliphatic rings. The van der Waals surface area contributed by atoms with E-state index in [-0.39, 0.29) is 18.5 Å². The molecule has 1 unspecified atom stereocenters. The molecule has 1 atom stereocenters. The van der Waals surface area contributed by atoms with E-state index < -0.39 is 0 Å². The lowest BCUT2D eigenvalue weighted by Gasteiger charge is -2.09. The molecule has 0 bridgehead atoms. The van der Waals surface area contributed by atoms with Crippen molar-refractivity contribution in [1.82, 2.24) is 0 Å². The number of carbonyl (C=O) groups excluding carboxylic acids is 1. The van der Waals surface area contributed by atoms with Gasteiger partial charge < -0.3 is 9.84 Å². The Hall–Kier alpha value is -1.35. The van der Waals surface area contributed by atoms with Crippen LogP contribution in [0.25, 0.3) is 0 Å². The first-order chi connectivity index (χ1) is 6.74. The number of hydrogen-bond acceptors (Lipinski definition) is 3. The van der Waals surface area contributed by atoms with Gasteiger partial charge in [-0.2, -0.15) is 0 Å². The minimum absolute atomic E-state index is 0.00502. The first-order valence-electron chi connectivity index (χ1n) is 4.61. The number of rotatable bonds is 4. The van der Waals surface area contributed by atoms with Gasteiger partial charge in [0.05, 0.1) is 5.92 Å². The lowest BCUT2D eigenvalue weighted by molar-refractivity contribution is -0.138. The summed E-state index contributed by atoms with van der Waals surface area (Å²) in [6, 6.07) is 8.92. The van der Waals surface area contributed by atoms with Gasteiger partial charge in [-0.15, -0.1) is 0 Å². The first kappa shape index (κ1) is 10.7. The van der Waals surface area contributed by atoms with Crippen LogP contribution in [0.3, 0.4) is 0 Å². The topological polar surface area (TPSA) is 46.5 Å². The number of para-hydroxylation sites is 1. The number of benzene rings is 1. The molecule has 3 nitrogen and oxygen atoms in total. The van der Waals surface area contributed by atoms with E-state index in [0.717, 1.165) is 0 Å². The normalized spacial score (nSPS) is 12.1. The Morgan fingerprint density at radius 2 is 2.07 bits per heavy atom. The maximum Gasteiger partial charge on any atom is 0.314 e. The van der Waals surface area contributed by atoms with Crippen molar-refractivity contribution < 1.29 is 14.6 Å². The third kappa shape index (κ3) is 3.18. The molecule has 1 N–H and O–H groups in total. The number of ether oxygens (including phenoxy) is 1. The second-order valence-electron chi connectivity index (χ2n) is 3.15. The number of esters is 1. The summed E-state index contributed by atoms with van der Waals surface area (Å²) in [6.07, 6.45) is 0.436. The van der Waals surface area contributed by atoms with Crippen LogP contribution in [-0.2, 0) is 4.79 Å². The van der Waals surface area contributed by atoms with Crippen molar-refractivity contribution in [1.29, 1.82) is 0 Å². The second-order valence-corrected chi connectivity index (χ2v) is 3.15. The zero-order valence-electron chi connectivity index (χ0n) is 8.14. The zero-order chi connectivity index (χ0) is 10.4. The number of hydrogen-bond donors (Lipinski definition) is 1. The van der Waals surface area contributed by atoms with Gasteiger partial charge in [0.2, 0.25) is 0 Å². The third-order valence-corrected chi connectivity index (χ3v) is 1.93. The van der Waals surface area contributed by atoms with Gasteiger partial charge in [0.25, 0.3) is 0 Å². The SMILES string of the molecule is CC(CCO)C(=O)Oc1ccccc1. The molecule has 0 heterocycles. The Balaban J connectivity index is 2.49. The molecule has 1 aromatic rings. The van der Waals surface area contributed by atoms with E-state index in [1.165, 1.54) is 0 Å². The van der Waals surface area contributed by atoms with Crippen molar-refractivity contribution in [2.75, 3.05) is 6.61 Å². The number of aliphatic hydroxyl groups is 1. The lowest BCUT2D eigenvalue weighted by atomic mass is 10.1. The predicted molar refractivity (Wildman–Crippen MR) is 52.9 cm³/mol. The molecule has 1 aromatic carbocycles. The molecule has 0 aromatic heterocycles. The number of aliphatic hydroxyl groups excluding tert-OH is 1. The van der Waals surface area contributed by atoms with Crippen LogP contribution < -0.4 is 4.74 Å². The smallest absolute Gasteiger partial charge is 0.314 e. The quantitative estimate of drug-likeness (QED) is 0.585. The highest BCUT2D eigenvalue weighted by molar-refractivity contribution is 5.74. The molecule has 76 valence electrons. The van der Waals surface area contributed by atoms with E-state index in [1.54, 1.807) is 31.2 Å². The highest BCUT2D eigenvalue weighted by atomic mass is 16.5. The van der Waals surface area contributed by atoms with Crippen LogP contribution >= 0.6 is 0 Å². The van der Waals surface area contributed by atoms with Crippen molar-refractivity contribution >= 4 is 5.97 Å². The first-order valence-corrected chi connectivity index (χ1v) is 4.61. The van der Waals surface area contributed by atoms with Crippen LogP contribution in [0, 0.1) is 5.92 Å². The number of carbonyl (C=O) groups is 1. The molecule has 0 spiro atoms. The highest BCUT2D eigenvalue weighted by Crippen LogP contribution is 2.12. The molecule has 0 fully saturated rings. The highest BCUT2D eigenvalue weighted by Gasteiger charge is 2.14. The summed E-state index contributed by atoms with van der Waals surface area (Å²) in [7, 11) is 0. The molecule has 0 saturated carbocycles. The monoisotopic (exact) mass is 194 g/mol. The average Bonchev–Trinajstić information content (AvgIpc) is 2.19. The summed E-state index contributed by atoms with van der Waals surface area (Å²) >= 11 is 0. The Morgan fingerprint density at radius 1 is 1.43 bits per heavy atom. The molecule has 0 radical (unpaired) electrons. The van der Waals surface area contributed by atoms with Gasteiger partial charge in [-0.3, -0.25) is 4.79 Å². The van der Waals surface area contributed by atoms with Crippen LogP contribution in [0.4, 0.5) is 0 Å². The molecule has 0 aliphatic carbocycles. The van der Waals surface area contributed by atoms with E-state index in [1.807, 2.05) is 6.07 Å². The summed E-state index contributed by atoms with van der Waals surface area (Å²) in [6.45, 7) is 1.74. The molecule has 0 aliphatic heterocycles. The summed E-state index contributed by atoms with van der Waals surface area (Å²) in [5, 5.41) is 8.64. The second kappa shape index (κ2) is 5.40. The third-order valence-electron chi connectivity index (χ3n) is 1.93. The summed E-state index contributed by atoms with van der Waals surface area (Å²) < 4.78 is 5.08. The Kier molecular flexibility index (Phi) is 4.13. The standard InChI is InChI=1S/C11H14O3/c1-9(7-8-12)11(13)14-10-5-3-2-4-6-10/h2-6,9,12H,7-8H2,1H3. The molecule has 0 amide bonds. The Morgan fingerprint density at radius 3 is 2.64 bits per heavy atom. The summed E-state index contributed by atoms with van der Waals surface area (Å²) in [5.74, 6) is -0.0206. The van der Waals surface area contributed by atoms with Crippen LogP contribution in [0.1, 0.15) is 13.3 Å². The summed E-state index contributed by atoms with van der Waals surface area (Å²) in [4.78, 5) is 11.4. The minimum atomic E-state index is -0.301. The molecular weight excluding hydrogens is 180 g/mol. The van der Waals surface area contributed by atoms with Gasteiger partial charge in [0, 0.05) is 6.61 Å². The lowest BCUT2D eigenvalue weighted by Crippen LogP contribution is -2.18. The fourth-order valence-electron chi connectivity index (χ4n) is 1.02. The van der Waals surface area contributed by atoms with Crippen LogP contribution in [-0.4, -0.2) is 17.7 Å². The van der Waals surface area contributed by atoms with E-state index in [0.29, 0.717) is 12.2 Å². The molecule has 3 heteroatoms.